The summed E-state index contributed by atoms with van der Waals surface area (Å²) in [6.45, 7) is 4.62. The molecule has 0 spiro atoms. The number of nitrogens with one attached hydrogen (secondary N) is 1. The molecule has 2 fully saturated rings. The molecule has 0 atom stereocenters. The zero-order chi connectivity index (χ0) is 22.1. The van der Waals surface area contributed by atoms with Crippen LogP contribution in [0.25, 0.3) is 0 Å². The smallest absolute Gasteiger partial charge is 0.321 e. The normalized spacial score (nSPS) is 18.0. The molecule has 164 valence electrons. The van der Waals surface area contributed by atoms with Crippen LogP contribution in [0.5, 0.6) is 0 Å². The number of hydrogen-bond donors (Lipinski definition) is 1. The van der Waals surface area contributed by atoms with E-state index in [0.717, 1.165) is 29.2 Å². The number of nitrogens with zero attached hydrogens (tertiary/aromatic N) is 3. The van der Waals surface area contributed by atoms with E-state index >= 15 is 0 Å². The van der Waals surface area contributed by atoms with Gasteiger partial charge in [0.15, 0.2) is 0 Å². The van der Waals surface area contributed by atoms with Gasteiger partial charge < -0.3 is 10.2 Å². The number of rotatable bonds is 4. The van der Waals surface area contributed by atoms with Gasteiger partial charge in [-0.15, -0.1) is 11.3 Å². The Labute approximate surface area is 191 Å². The minimum Gasteiger partial charge on any atom is -0.339 e. The molecule has 0 saturated carbocycles. The Morgan fingerprint density at radius 2 is 1.84 bits per heavy atom. The summed E-state index contributed by atoms with van der Waals surface area (Å²) in [4.78, 5) is 33.8. The maximum atomic E-state index is 13.3. The first-order chi connectivity index (χ1) is 15.6. The van der Waals surface area contributed by atoms with E-state index < -0.39 is 0 Å². The van der Waals surface area contributed by atoms with Gasteiger partial charge >= 0.3 is 6.03 Å². The molecule has 1 N–H and O–H groups in total. The fraction of sp³-hybridized carbons (Fsp3) is 0.320. The number of aryl methyl sites for hydroxylation is 1. The molecule has 5 rings (SSSR count). The molecule has 0 unspecified atom stereocenters. The molecule has 2 aromatic carbocycles. The van der Waals surface area contributed by atoms with Gasteiger partial charge in [-0.25, -0.2) is 9.78 Å². The summed E-state index contributed by atoms with van der Waals surface area (Å²) in [6.07, 6.45) is 1.67. The van der Waals surface area contributed by atoms with Crippen molar-refractivity contribution in [1.82, 2.24) is 15.2 Å². The van der Waals surface area contributed by atoms with E-state index in [2.05, 4.69) is 35.0 Å². The SMILES string of the molecule is Cc1nc(C2(c3ccccc3)CCN(C(=O)c3cccc(N4CCNC4=O)c3)CC2)cs1. The third-order valence-electron chi connectivity index (χ3n) is 6.60. The van der Waals surface area contributed by atoms with Crippen LogP contribution < -0.4 is 10.2 Å². The Bertz CT molecular complexity index is 1140. The summed E-state index contributed by atoms with van der Waals surface area (Å²) in [5, 5.41) is 6.05. The number of likely N-dealkylation sites (tertiary alicyclic amines) is 1. The number of carbonyl (C=O) groups is 2. The number of benzene rings is 2. The molecular weight excluding hydrogens is 420 g/mol. The van der Waals surface area contributed by atoms with Gasteiger partial charge in [0.25, 0.3) is 5.91 Å². The predicted molar refractivity (Wildman–Crippen MR) is 126 cm³/mol. The number of hydrogen-bond acceptors (Lipinski definition) is 4. The number of amides is 3. The summed E-state index contributed by atoms with van der Waals surface area (Å²) < 4.78 is 0. The molecule has 3 heterocycles. The van der Waals surface area contributed by atoms with Gasteiger partial charge in [-0.3, -0.25) is 9.69 Å². The minimum absolute atomic E-state index is 0.0163. The molecule has 3 aromatic rings. The second kappa shape index (κ2) is 8.39. The van der Waals surface area contributed by atoms with Crippen molar-refractivity contribution < 1.29 is 9.59 Å². The van der Waals surface area contributed by atoms with Crippen LogP contribution in [-0.2, 0) is 5.41 Å². The minimum atomic E-state index is -0.168. The largest absolute Gasteiger partial charge is 0.339 e. The van der Waals surface area contributed by atoms with Gasteiger partial charge in [-0.1, -0.05) is 36.4 Å². The Morgan fingerprint density at radius 3 is 2.50 bits per heavy atom. The van der Waals surface area contributed by atoms with Gasteiger partial charge in [0.2, 0.25) is 0 Å². The Hall–Kier alpha value is -3.19. The summed E-state index contributed by atoms with van der Waals surface area (Å²) in [5.74, 6) is 0.0163. The van der Waals surface area contributed by atoms with E-state index in [-0.39, 0.29) is 17.4 Å². The second-order valence-corrected chi connectivity index (χ2v) is 9.49. The number of aromatic nitrogens is 1. The predicted octanol–water partition coefficient (Wildman–Crippen LogP) is 4.20. The lowest BCUT2D eigenvalue weighted by Crippen LogP contribution is -2.46. The highest BCUT2D eigenvalue weighted by Gasteiger charge is 2.40. The van der Waals surface area contributed by atoms with Crippen molar-refractivity contribution in [1.29, 1.82) is 0 Å². The molecule has 32 heavy (non-hydrogen) atoms. The van der Waals surface area contributed by atoms with E-state index in [1.807, 2.05) is 42.2 Å². The molecule has 7 heteroatoms. The van der Waals surface area contributed by atoms with Crippen LogP contribution in [0, 0.1) is 6.92 Å². The number of piperidine rings is 1. The van der Waals surface area contributed by atoms with Crippen LogP contribution in [0.15, 0.2) is 60.0 Å². The molecule has 2 saturated heterocycles. The summed E-state index contributed by atoms with van der Waals surface area (Å²) in [6, 6.07) is 17.8. The van der Waals surface area contributed by atoms with Crippen LogP contribution in [0.4, 0.5) is 10.5 Å². The molecule has 6 nitrogen and oxygen atoms in total. The zero-order valence-electron chi connectivity index (χ0n) is 18.1. The van der Waals surface area contributed by atoms with Gasteiger partial charge in [-0.2, -0.15) is 0 Å². The number of thiazole rings is 1. The fourth-order valence-corrected chi connectivity index (χ4v) is 5.54. The summed E-state index contributed by atoms with van der Waals surface area (Å²) in [5.41, 5.74) is 3.59. The molecule has 1 aromatic heterocycles. The zero-order valence-corrected chi connectivity index (χ0v) is 18.9. The molecule has 2 aliphatic heterocycles. The lowest BCUT2D eigenvalue weighted by molar-refractivity contribution is 0.0684. The van der Waals surface area contributed by atoms with Gasteiger partial charge in [0, 0.05) is 48.2 Å². The van der Waals surface area contributed by atoms with Crippen LogP contribution >= 0.6 is 11.3 Å². The highest BCUT2D eigenvalue weighted by molar-refractivity contribution is 7.09. The van der Waals surface area contributed by atoms with E-state index in [4.69, 9.17) is 4.98 Å². The van der Waals surface area contributed by atoms with Crippen molar-refractivity contribution in [3.05, 3.63) is 81.8 Å². The van der Waals surface area contributed by atoms with E-state index in [0.29, 0.717) is 31.7 Å². The standard InChI is InChI=1S/C25H26N4O2S/c1-18-27-22(17-32-18)25(20-7-3-2-4-8-20)10-13-28(14-11-25)23(30)19-6-5-9-21(16-19)29-15-12-26-24(29)31/h2-9,16-17H,10-15H2,1H3,(H,26,31). The molecule has 0 radical (unpaired) electrons. The van der Waals surface area contributed by atoms with Crippen molar-refractivity contribution in [3.63, 3.8) is 0 Å². The van der Waals surface area contributed by atoms with E-state index in [9.17, 15) is 9.59 Å². The van der Waals surface area contributed by atoms with Crippen molar-refractivity contribution in [2.45, 2.75) is 25.2 Å². The van der Waals surface area contributed by atoms with Crippen LogP contribution in [0.1, 0.15) is 39.5 Å². The third kappa shape index (κ3) is 3.66. The van der Waals surface area contributed by atoms with Crippen molar-refractivity contribution in [2.75, 3.05) is 31.1 Å². The van der Waals surface area contributed by atoms with Gasteiger partial charge in [0.1, 0.15) is 0 Å². The van der Waals surface area contributed by atoms with Crippen LogP contribution in [-0.4, -0.2) is 48.0 Å². The average Bonchev–Trinajstić information content (AvgIpc) is 3.47. The molecule has 0 aliphatic carbocycles. The Balaban J connectivity index is 1.37. The fourth-order valence-electron chi connectivity index (χ4n) is 4.83. The Morgan fingerprint density at radius 1 is 1.06 bits per heavy atom. The maximum absolute atomic E-state index is 13.3. The quantitative estimate of drug-likeness (QED) is 0.653. The van der Waals surface area contributed by atoms with Crippen LogP contribution in [0.2, 0.25) is 0 Å². The summed E-state index contributed by atoms with van der Waals surface area (Å²) in [7, 11) is 0. The first-order valence-corrected chi connectivity index (χ1v) is 11.9. The third-order valence-corrected chi connectivity index (χ3v) is 7.37. The lowest BCUT2D eigenvalue weighted by Gasteiger charge is -2.41. The highest BCUT2D eigenvalue weighted by atomic mass is 32.1. The molecule has 0 bridgehead atoms. The van der Waals surface area contributed by atoms with Crippen molar-refractivity contribution in [3.8, 4) is 0 Å². The second-order valence-electron chi connectivity index (χ2n) is 8.43. The van der Waals surface area contributed by atoms with Crippen molar-refractivity contribution >= 4 is 29.0 Å². The van der Waals surface area contributed by atoms with Gasteiger partial charge in [0.05, 0.1) is 10.7 Å². The van der Waals surface area contributed by atoms with E-state index in [1.54, 1.807) is 16.2 Å². The van der Waals surface area contributed by atoms with Gasteiger partial charge in [-0.05, 0) is 43.5 Å². The average molecular weight is 447 g/mol. The molecule has 3 amide bonds. The maximum Gasteiger partial charge on any atom is 0.321 e. The molecular formula is C25H26N4O2S. The van der Waals surface area contributed by atoms with Crippen LogP contribution in [0.3, 0.4) is 0 Å². The lowest BCUT2D eigenvalue weighted by atomic mass is 9.70. The van der Waals surface area contributed by atoms with E-state index in [1.165, 1.54) is 5.56 Å². The molecule has 2 aliphatic rings. The Kier molecular flexibility index (Phi) is 5.43. The number of urea groups is 1. The topological polar surface area (TPSA) is 65.5 Å². The van der Waals surface area contributed by atoms with Crippen molar-refractivity contribution in [2.24, 2.45) is 0 Å². The summed E-state index contributed by atoms with van der Waals surface area (Å²) >= 11 is 1.68. The number of anilines is 1. The first kappa shape index (κ1) is 20.7. The highest BCUT2D eigenvalue weighted by Crippen LogP contribution is 2.42. The number of carbonyl (C=O) groups excluding carboxylic acids is 2. The first-order valence-electron chi connectivity index (χ1n) is 11.0. The monoisotopic (exact) mass is 446 g/mol.